The summed E-state index contributed by atoms with van der Waals surface area (Å²) in [6, 6.07) is 8.91. The number of anilines is 2. The van der Waals surface area contributed by atoms with Crippen molar-refractivity contribution in [1.82, 2.24) is 14.7 Å². The molecule has 0 unspecified atom stereocenters. The Kier molecular flexibility index (Phi) is 3.59. The molecule has 0 radical (unpaired) electrons. The Morgan fingerprint density at radius 2 is 2.00 bits per heavy atom. The topological polar surface area (TPSA) is 106 Å². The summed E-state index contributed by atoms with van der Waals surface area (Å²) in [6.07, 6.45) is 1.43. The molecule has 0 spiro atoms. The van der Waals surface area contributed by atoms with E-state index in [9.17, 15) is 19.3 Å². The van der Waals surface area contributed by atoms with Gasteiger partial charge in [-0.05, 0) is 36.4 Å². The van der Waals surface area contributed by atoms with Gasteiger partial charge in [-0.1, -0.05) is 0 Å². The van der Waals surface area contributed by atoms with Crippen LogP contribution in [0.3, 0.4) is 0 Å². The van der Waals surface area contributed by atoms with Gasteiger partial charge in [0, 0.05) is 16.4 Å². The van der Waals surface area contributed by atoms with Crippen LogP contribution in [0.25, 0.3) is 11.0 Å². The molecule has 0 aliphatic heterocycles. The van der Waals surface area contributed by atoms with Crippen LogP contribution in [-0.4, -0.2) is 25.9 Å². The molecule has 2 N–H and O–H groups in total. The van der Waals surface area contributed by atoms with Gasteiger partial charge in [-0.15, -0.1) is 4.73 Å². The lowest BCUT2D eigenvalue weighted by Gasteiger charge is -2.09. The zero-order valence-corrected chi connectivity index (χ0v) is 11.4. The summed E-state index contributed by atoms with van der Waals surface area (Å²) < 4.78 is 12.2. The number of rotatable bonds is 3. The van der Waals surface area contributed by atoms with Gasteiger partial charge in [-0.3, -0.25) is 0 Å². The lowest BCUT2D eigenvalue weighted by atomic mass is 10.2. The number of carbonyl (C=O) groups excluding carboxylic acids is 1. The molecule has 2 heterocycles. The number of nitrogens with zero attached hydrogens (tertiary/aromatic N) is 3. The number of halogens is 1. The van der Waals surface area contributed by atoms with Crippen molar-refractivity contribution in [2.24, 2.45) is 0 Å². The van der Waals surface area contributed by atoms with Crippen LogP contribution in [-0.2, 0) is 4.94 Å². The van der Waals surface area contributed by atoms with E-state index in [-0.39, 0.29) is 17.0 Å². The van der Waals surface area contributed by atoms with Crippen LogP contribution in [0.5, 0.6) is 0 Å². The first-order chi connectivity index (χ1) is 11.1. The molecule has 0 saturated heterocycles. The maximum Gasteiger partial charge on any atom is 0.384 e. The number of hydrogen-bond donors (Lipinski definition) is 2. The minimum Gasteiger partial charge on any atom is -0.422 e. The molecule has 3 rings (SSSR count). The predicted molar refractivity (Wildman–Crippen MR) is 77.2 cm³/mol. The number of benzene rings is 1. The van der Waals surface area contributed by atoms with Crippen molar-refractivity contribution < 1.29 is 19.5 Å². The summed E-state index contributed by atoms with van der Waals surface area (Å²) in [6.45, 7) is 0. The van der Waals surface area contributed by atoms with Crippen LogP contribution in [0.15, 0.2) is 47.4 Å². The Labute approximate surface area is 127 Å². The van der Waals surface area contributed by atoms with Crippen molar-refractivity contribution >= 4 is 28.5 Å². The molecular weight excluding hydrogens is 307 g/mol. The van der Waals surface area contributed by atoms with E-state index in [2.05, 4.69) is 20.2 Å². The molecule has 116 valence electrons. The van der Waals surface area contributed by atoms with Gasteiger partial charge in [0.2, 0.25) is 0 Å². The third kappa shape index (κ3) is 2.67. The van der Waals surface area contributed by atoms with E-state index in [0.717, 1.165) is 0 Å². The van der Waals surface area contributed by atoms with Gasteiger partial charge in [0.1, 0.15) is 5.82 Å². The summed E-state index contributed by atoms with van der Waals surface area (Å²) in [5.41, 5.74) is -0.319. The minimum absolute atomic E-state index is 0.0308. The highest BCUT2D eigenvalue weighted by atomic mass is 19.3. The molecule has 0 amide bonds. The summed E-state index contributed by atoms with van der Waals surface area (Å²) >= 11 is 0. The van der Waals surface area contributed by atoms with Crippen molar-refractivity contribution in [2.75, 3.05) is 5.32 Å². The third-order valence-corrected chi connectivity index (χ3v) is 3.08. The number of nitrogens with one attached hydrogen (secondary N) is 1. The highest BCUT2D eigenvalue weighted by molar-refractivity contribution is 5.90. The Bertz CT molecular complexity index is 940. The Balaban J connectivity index is 2.00. The summed E-state index contributed by atoms with van der Waals surface area (Å²) in [7, 11) is 0. The van der Waals surface area contributed by atoms with E-state index in [1.54, 1.807) is 12.1 Å². The first-order valence-electron chi connectivity index (χ1n) is 6.37. The molecule has 2 aromatic heterocycles. The number of pyridine rings is 1. The Hall–Kier alpha value is -3.49. The molecule has 8 nitrogen and oxygen atoms in total. The molecule has 23 heavy (non-hydrogen) atoms. The van der Waals surface area contributed by atoms with Crippen molar-refractivity contribution in [2.45, 2.75) is 0 Å². The maximum atomic E-state index is 11.8. The first kappa shape index (κ1) is 14.4. The van der Waals surface area contributed by atoms with Crippen LogP contribution in [0.2, 0.25) is 0 Å². The first-order valence-corrected chi connectivity index (χ1v) is 6.37. The van der Waals surface area contributed by atoms with Crippen molar-refractivity contribution in [3.63, 3.8) is 0 Å². The second-order valence-corrected chi connectivity index (χ2v) is 4.50. The average molecular weight is 316 g/mol. The molecule has 1 aromatic carbocycles. The van der Waals surface area contributed by atoms with Crippen LogP contribution in [0.4, 0.5) is 16.0 Å². The SMILES string of the molecule is O=C(OF)c1ccc(Nc2nc(=O)n(O)c3ncccc23)cc1. The largest absolute Gasteiger partial charge is 0.422 e. The zero-order valence-electron chi connectivity index (χ0n) is 11.4. The van der Waals surface area contributed by atoms with Crippen LogP contribution < -0.4 is 11.0 Å². The zero-order chi connectivity index (χ0) is 16.4. The van der Waals surface area contributed by atoms with Gasteiger partial charge in [0.05, 0.1) is 10.9 Å². The minimum atomic E-state index is -1.10. The molecule has 0 atom stereocenters. The molecule has 0 bridgehead atoms. The smallest absolute Gasteiger partial charge is 0.384 e. The molecule has 0 saturated carbocycles. The summed E-state index contributed by atoms with van der Waals surface area (Å²) in [5, 5.41) is 12.9. The maximum absolute atomic E-state index is 11.8. The number of fused-ring (bicyclic) bond motifs is 1. The van der Waals surface area contributed by atoms with E-state index in [1.807, 2.05) is 0 Å². The van der Waals surface area contributed by atoms with Gasteiger partial charge in [-0.25, -0.2) is 19.5 Å². The third-order valence-electron chi connectivity index (χ3n) is 3.08. The lowest BCUT2D eigenvalue weighted by molar-refractivity contribution is -0.0788. The molecule has 0 aliphatic carbocycles. The molecule has 3 aromatic rings. The Morgan fingerprint density at radius 3 is 2.70 bits per heavy atom. The van der Waals surface area contributed by atoms with E-state index < -0.39 is 11.7 Å². The van der Waals surface area contributed by atoms with Crippen molar-refractivity contribution in [3.05, 3.63) is 58.6 Å². The number of hydrogen-bond acceptors (Lipinski definition) is 7. The monoisotopic (exact) mass is 316 g/mol. The molecular formula is C14H9FN4O4. The average Bonchev–Trinajstić information content (AvgIpc) is 2.59. The van der Waals surface area contributed by atoms with Gasteiger partial charge in [-0.2, -0.15) is 4.98 Å². The van der Waals surface area contributed by atoms with E-state index >= 15 is 0 Å². The quantitative estimate of drug-likeness (QED) is 0.710. The fraction of sp³-hybridized carbons (Fsp3) is 0. The number of aromatic nitrogens is 3. The lowest BCUT2D eigenvalue weighted by Crippen LogP contribution is -2.23. The van der Waals surface area contributed by atoms with Crippen LogP contribution >= 0.6 is 0 Å². The normalized spacial score (nSPS) is 10.5. The van der Waals surface area contributed by atoms with Gasteiger partial charge >= 0.3 is 11.7 Å². The highest BCUT2D eigenvalue weighted by Gasteiger charge is 2.11. The second kappa shape index (κ2) is 5.72. The standard InChI is InChI=1S/C14H9FN4O4/c15-23-13(20)8-3-5-9(6-4-8)17-11-10-2-1-7-16-12(10)19(22)14(21)18-11/h1-7,22H,(H,17,18,21). The fourth-order valence-corrected chi connectivity index (χ4v) is 2.01. The van der Waals surface area contributed by atoms with Crippen LogP contribution in [0.1, 0.15) is 10.4 Å². The van der Waals surface area contributed by atoms with E-state index in [1.165, 1.54) is 30.5 Å². The Morgan fingerprint density at radius 1 is 1.26 bits per heavy atom. The predicted octanol–water partition coefficient (Wildman–Crippen LogP) is 1.81. The fourth-order valence-electron chi connectivity index (χ4n) is 2.01. The molecule has 0 aliphatic rings. The van der Waals surface area contributed by atoms with Crippen LogP contribution in [0, 0.1) is 0 Å². The van der Waals surface area contributed by atoms with Crippen molar-refractivity contribution in [1.29, 1.82) is 0 Å². The van der Waals surface area contributed by atoms with E-state index in [0.29, 0.717) is 15.8 Å². The van der Waals surface area contributed by atoms with Crippen molar-refractivity contribution in [3.8, 4) is 0 Å². The van der Waals surface area contributed by atoms with Gasteiger partial charge in [0.25, 0.3) is 0 Å². The van der Waals surface area contributed by atoms with Gasteiger partial charge in [0.15, 0.2) is 5.65 Å². The highest BCUT2D eigenvalue weighted by Crippen LogP contribution is 2.21. The second-order valence-electron chi connectivity index (χ2n) is 4.50. The van der Waals surface area contributed by atoms with E-state index in [4.69, 9.17) is 0 Å². The summed E-state index contributed by atoms with van der Waals surface area (Å²) in [5.74, 6) is -0.920. The van der Waals surface area contributed by atoms with Gasteiger partial charge < -0.3 is 10.5 Å². The summed E-state index contributed by atoms with van der Waals surface area (Å²) in [4.78, 5) is 33.5. The molecule has 0 fully saturated rings. The number of carbonyl (C=O) groups is 1. The molecule has 9 heteroatoms.